The fourth-order valence-electron chi connectivity index (χ4n) is 2.72. The Balaban J connectivity index is 1.23. The molecule has 1 aliphatic rings. The molecule has 1 amide bonds. The third-order valence-corrected chi connectivity index (χ3v) is 5.86. The number of nitrogens with one attached hydrogen (secondary N) is 1. The number of thioether (sulfide) groups is 1. The first-order valence-electron chi connectivity index (χ1n) is 8.58. The number of aromatic nitrogens is 3. The minimum absolute atomic E-state index is 0.0103. The number of halogens is 3. The van der Waals surface area contributed by atoms with Crippen molar-refractivity contribution < 1.29 is 31.9 Å². The molecule has 0 atom stereocenters. The summed E-state index contributed by atoms with van der Waals surface area (Å²) < 4.78 is 56.6. The van der Waals surface area contributed by atoms with Crippen LogP contribution in [-0.4, -0.2) is 33.6 Å². The van der Waals surface area contributed by atoms with Crippen molar-refractivity contribution in [1.82, 2.24) is 15.2 Å². The van der Waals surface area contributed by atoms with Gasteiger partial charge >= 0.3 is 0 Å². The Kier molecular flexibility index (Phi) is 4.90. The van der Waals surface area contributed by atoms with Crippen LogP contribution in [0.4, 0.5) is 18.3 Å². The summed E-state index contributed by atoms with van der Waals surface area (Å²) in [7, 11) is 0. The van der Waals surface area contributed by atoms with Gasteiger partial charge in [0.25, 0.3) is 5.22 Å². The van der Waals surface area contributed by atoms with Crippen LogP contribution in [0.1, 0.15) is 0 Å². The molecule has 0 saturated heterocycles. The Morgan fingerprint density at radius 3 is 2.84 bits per heavy atom. The zero-order valence-electron chi connectivity index (χ0n) is 15.1. The molecular weight excluding hydrogens is 457 g/mol. The van der Waals surface area contributed by atoms with E-state index in [1.165, 1.54) is 0 Å². The average Bonchev–Trinajstić information content (AvgIpc) is 3.49. The number of hydrogen-bond acceptors (Lipinski definition) is 9. The SMILES string of the molecule is O=C(CSc1nnc(-c2ccc3c(c2)OCO3)o1)Nc1nc2c(F)c(F)c(F)cc2s1. The Morgan fingerprint density at radius 1 is 1.13 bits per heavy atom. The number of carbonyl (C=O) groups is 1. The van der Waals surface area contributed by atoms with Gasteiger partial charge in [0.1, 0.15) is 5.52 Å². The maximum atomic E-state index is 13.8. The average molecular weight is 466 g/mol. The lowest BCUT2D eigenvalue weighted by atomic mass is 10.2. The van der Waals surface area contributed by atoms with E-state index < -0.39 is 23.4 Å². The smallest absolute Gasteiger partial charge is 0.277 e. The summed E-state index contributed by atoms with van der Waals surface area (Å²) in [4.78, 5) is 16.0. The fourth-order valence-corrected chi connectivity index (χ4v) is 4.19. The minimum Gasteiger partial charge on any atom is -0.454 e. The third kappa shape index (κ3) is 3.77. The van der Waals surface area contributed by atoms with E-state index in [-0.39, 0.29) is 39.0 Å². The third-order valence-electron chi connectivity index (χ3n) is 4.12. The molecule has 0 fully saturated rings. The van der Waals surface area contributed by atoms with Gasteiger partial charge in [-0.15, -0.1) is 10.2 Å². The molecule has 2 aromatic heterocycles. The molecule has 0 unspecified atom stereocenters. The lowest BCUT2D eigenvalue weighted by Gasteiger charge is -1.99. The van der Waals surface area contributed by atoms with Gasteiger partial charge in [-0.1, -0.05) is 23.1 Å². The zero-order valence-corrected chi connectivity index (χ0v) is 16.8. The van der Waals surface area contributed by atoms with Crippen LogP contribution < -0.4 is 14.8 Å². The van der Waals surface area contributed by atoms with Gasteiger partial charge in [0.2, 0.25) is 18.6 Å². The second kappa shape index (κ2) is 7.74. The standard InChI is InChI=1S/C18H9F3N4O4S2/c19-8-4-11-15(14(21)13(8)20)23-17(31-11)22-12(26)5-30-18-25-24-16(29-18)7-1-2-9-10(3-7)28-6-27-9/h1-4H,5-6H2,(H,22,23,26). The van der Waals surface area contributed by atoms with Crippen LogP contribution >= 0.6 is 23.1 Å². The molecule has 158 valence electrons. The Labute approximate surface area is 179 Å². The highest BCUT2D eigenvalue weighted by Gasteiger charge is 2.20. The van der Waals surface area contributed by atoms with Crippen LogP contribution in [0.2, 0.25) is 0 Å². The lowest BCUT2D eigenvalue weighted by molar-refractivity contribution is -0.113. The molecule has 8 nitrogen and oxygen atoms in total. The summed E-state index contributed by atoms with van der Waals surface area (Å²) in [5.74, 6) is -3.50. The maximum Gasteiger partial charge on any atom is 0.277 e. The quantitative estimate of drug-likeness (QED) is 0.345. The molecule has 13 heteroatoms. The van der Waals surface area contributed by atoms with E-state index in [1.54, 1.807) is 18.2 Å². The van der Waals surface area contributed by atoms with Gasteiger partial charge in [0.15, 0.2) is 34.1 Å². The number of amides is 1. The van der Waals surface area contributed by atoms with E-state index in [2.05, 4.69) is 20.5 Å². The van der Waals surface area contributed by atoms with Gasteiger partial charge in [-0.3, -0.25) is 4.79 Å². The summed E-state index contributed by atoms with van der Waals surface area (Å²) in [6.07, 6.45) is 0. The first-order valence-corrected chi connectivity index (χ1v) is 10.4. The molecule has 1 aliphatic heterocycles. The second-order valence-corrected chi connectivity index (χ2v) is 8.09. The largest absolute Gasteiger partial charge is 0.454 e. The highest BCUT2D eigenvalue weighted by Crippen LogP contribution is 2.36. The zero-order chi connectivity index (χ0) is 21.5. The van der Waals surface area contributed by atoms with Crippen LogP contribution in [0.5, 0.6) is 11.5 Å². The lowest BCUT2D eigenvalue weighted by Crippen LogP contribution is -2.13. The van der Waals surface area contributed by atoms with E-state index in [9.17, 15) is 18.0 Å². The van der Waals surface area contributed by atoms with Crippen LogP contribution in [-0.2, 0) is 4.79 Å². The van der Waals surface area contributed by atoms with Crippen LogP contribution in [0.15, 0.2) is 33.9 Å². The Bertz CT molecular complexity index is 1330. The molecule has 5 rings (SSSR count). The number of rotatable bonds is 5. The van der Waals surface area contributed by atoms with Crippen molar-refractivity contribution in [2.75, 3.05) is 17.9 Å². The summed E-state index contributed by atoms with van der Waals surface area (Å²) in [5, 5.41) is 10.4. The predicted octanol–water partition coefficient (Wildman–Crippen LogP) is 4.22. The highest BCUT2D eigenvalue weighted by atomic mass is 32.2. The minimum atomic E-state index is -1.61. The number of ether oxygens (including phenoxy) is 2. The number of benzene rings is 2. The molecule has 3 heterocycles. The van der Waals surface area contributed by atoms with Crippen LogP contribution in [0.25, 0.3) is 21.7 Å². The number of anilines is 1. The van der Waals surface area contributed by atoms with Crippen LogP contribution in [0.3, 0.4) is 0 Å². The molecule has 4 aromatic rings. The van der Waals surface area contributed by atoms with E-state index in [0.717, 1.165) is 29.2 Å². The van der Waals surface area contributed by atoms with E-state index in [4.69, 9.17) is 13.9 Å². The fraction of sp³-hybridized carbons (Fsp3) is 0.111. The van der Waals surface area contributed by atoms with Crippen molar-refractivity contribution >= 4 is 44.4 Å². The molecule has 0 saturated carbocycles. The Morgan fingerprint density at radius 2 is 1.97 bits per heavy atom. The van der Waals surface area contributed by atoms with Gasteiger partial charge < -0.3 is 19.2 Å². The summed E-state index contributed by atoms with van der Waals surface area (Å²) in [6.45, 7) is 0.143. The molecule has 0 radical (unpaired) electrons. The molecule has 1 N–H and O–H groups in total. The summed E-state index contributed by atoms with van der Waals surface area (Å²) in [6, 6.07) is 5.99. The van der Waals surface area contributed by atoms with Crippen molar-refractivity contribution in [1.29, 1.82) is 0 Å². The first-order chi connectivity index (χ1) is 15.0. The van der Waals surface area contributed by atoms with Crippen molar-refractivity contribution in [3.05, 3.63) is 41.7 Å². The van der Waals surface area contributed by atoms with Crippen molar-refractivity contribution in [2.45, 2.75) is 5.22 Å². The molecule has 0 aliphatic carbocycles. The van der Waals surface area contributed by atoms with E-state index in [0.29, 0.717) is 17.1 Å². The number of carbonyl (C=O) groups excluding carboxylic acids is 1. The van der Waals surface area contributed by atoms with Crippen molar-refractivity contribution in [3.8, 4) is 23.0 Å². The normalized spacial score (nSPS) is 12.5. The van der Waals surface area contributed by atoms with E-state index in [1.807, 2.05) is 0 Å². The molecule has 31 heavy (non-hydrogen) atoms. The number of fused-ring (bicyclic) bond motifs is 2. The topological polar surface area (TPSA) is 99.4 Å². The molecular formula is C18H9F3N4O4S2. The monoisotopic (exact) mass is 466 g/mol. The second-order valence-electron chi connectivity index (χ2n) is 6.13. The molecule has 2 aromatic carbocycles. The summed E-state index contributed by atoms with van der Waals surface area (Å²) in [5.41, 5.74) is 0.279. The van der Waals surface area contributed by atoms with Crippen LogP contribution in [0, 0.1) is 17.5 Å². The number of nitrogens with zero attached hydrogens (tertiary/aromatic N) is 3. The van der Waals surface area contributed by atoms with Crippen molar-refractivity contribution in [3.63, 3.8) is 0 Å². The van der Waals surface area contributed by atoms with Crippen molar-refractivity contribution in [2.24, 2.45) is 0 Å². The van der Waals surface area contributed by atoms with E-state index >= 15 is 0 Å². The summed E-state index contributed by atoms with van der Waals surface area (Å²) >= 11 is 1.80. The predicted molar refractivity (Wildman–Crippen MR) is 105 cm³/mol. The molecule has 0 bridgehead atoms. The first kappa shape index (κ1) is 19.6. The van der Waals surface area contributed by atoms with Gasteiger partial charge in [0, 0.05) is 5.56 Å². The highest BCUT2D eigenvalue weighted by molar-refractivity contribution is 7.99. The van der Waals surface area contributed by atoms with Gasteiger partial charge in [-0.05, 0) is 24.3 Å². The number of thiazole rings is 1. The number of hydrogen-bond donors (Lipinski definition) is 1. The van der Waals surface area contributed by atoms with Gasteiger partial charge in [-0.2, -0.15) is 0 Å². The maximum absolute atomic E-state index is 13.8. The Hall–Kier alpha value is -3.32. The molecule has 0 spiro atoms. The van der Waals surface area contributed by atoms with Gasteiger partial charge in [-0.25, -0.2) is 18.2 Å². The van der Waals surface area contributed by atoms with Gasteiger partial charge in [0.05, 0.1) is 10.5 Å².